The minimum atomic E-state index is -0.823. The van der Waals surface area contributed by atoms with Crippen molar-refractivity contribution < 1.29 is 33.4 Å². The molecule has 0 unspecified atom stereocenters. The molecule has 28 heavy (non-hydrogen) atoms. The van der Waals surface area contributed by atoms with E-state index in [9.17, 15) is 19.2 Å². The summed E-state index contributed by atoms with van der Waals surface area (Å²) in [6, 6.07) is 5.51. The van der Waals surface area contributed by atoms with Crippen LogP contribution in [0.5, 0.6) is 5.75 Å². The van der Waals surface area contributed by atoms with Crippen molar-refractivity contribution in [1.82, 2.24) is 10.6 Å². The van der Waals surface area contributed by atoms with E-state index in [4.69, 9.17) is 9.47 Å². The van der Waals surface area contributed by atoms with Crippen LogP contribution in [-0.4, -0.2) is 57.2 Å². The van der Waals surface area contributed by atoms with Gasteiger partial charge in [0.1, 0.15) is 18.3 Å². The van der Waals surface area contributed by atoms with Crippen LogP contribution in [0.1, 0.15) is 30.6 Å². The van der Waals surface area contributed by atoms with Gasteiger partial charge in [0, 0.05) is 5.56 Å². The summed E-state index contributed by atoms with van der Waals surface area (Å²) in [6.45, 7) is 2.70. The molecule has 0 saturated carbocycles. The first kappa shape index (κ1) is 22.9. The first-order chi connectivity index (χ1) is 13.3. The largest absolute Gasteiger partial charge is 0.497 e. The van der Waals surface area contributed by atoms with Crippen LogP contribution in [0, 0.1) is 5.92 Å². The Kier molecular flexibility index (Phi) is 9.49. The van der Waals surface area contributed by atoms with Gasteiger partial charge in [0.25, 0.3) is 11.8 Å². The zero-order chi connectivity index (χ0) is 21.1. The van der Waals surface area contributed by atoms with Crippen LogP contribution < -0.4 is 15.4 Å². The van der Waals surface area contributed by atoms with Gasteiger partial charge in [-0.3, -0.25) is 14.4 Å². The smallest absolute Gasteiger partial charge is 0.328 e. The van der Waals surface area contributed by atoms with Gasteiger partial charge >= 0.3 is 11.9 Å². The van der Waals surface area contributed by atoms with Crippen LogP contribution in [0.3, 0.4) is 0 Å². The molecule has 9 nitrogen and oxygen atoms in total. The number of hydrogen-bond acceptors (Lipinski definition) is 7. The number of methoxy groups -OCH3 is 2. The number of rotatable bonds is 10. The highest BCUT2D eigenvalue weighted by molar-refractivity contribution is 5.96. The molecule has 0 heterocycles. The van der Waals surface area contributed by atoms with E-state index >= 15 is 0 Å². The summed E-state index contributed by atoms with van der Waals surface area (Å²) in [6.07, 6.45) is 0.650. The summed E-state index contributed by atoms with van der Waals surface area (Å²) < 4.78 is 14.5. The molecular weight excluding hydrogens is 368 g/mol. The van der Waals surface area contributed by atoms with Crippen molar-refractivity contribution in [3.63, 3.8) is 0 Å². The summed E-state index contributed by atoms with van der Waals surface area (Å²) in [4.78, 5) is 47.3. The summed E-state index contributed by atoms with van der Waals surface area (Å²) in [7, 11) is 2.74. The van der Waals surface area contributed by atoms with Gasteiger partial charge < -0.3 is 24.8 Å². The molecule has 0 spiro atoms. The molecule has 0 aliphatic carbocycles. The zero-order valence-corrected chi connectivity index (χ0v) is 16.4. The van der Waals surface area contributed by atoms with Gasteiger partial charge in [-0.2, -0.15) is 0 Å². The molecule has 0 radical (unpaired) electrons. The van der Waals surface area contributed by atoms with E-state index in [-0.39, 0.29) is 5.92 Å². The lowest BCUT2D eigenvalue weighted by Gasteiger charge is -2.21. The van der Waals surface area contributed by atoms with Crippen LogP contribution in [0.25, 0.3) is 0 Å². The lowest BCUT2D eigenvalue weighted by Crippen LogP contribution is -2.47. The molecule has 0 aliphatic heterocycles. The predicted octanol–water partition coefficient (Wildman–Crippen LogP) is 0.672. The van der Waals surface area contributed by atoms with E-state index in [1.165, 1.54) is 14.2 Å². The maximum absolute atomic E-state index is 12.0. The average Bonchev–Trinajstić information content (AvgIpc) is 2.73. The number of nitrogens with one attached hydrogen (secondary N) is 2. The Labute approximate surface area is 163 Å². The molecule has 9 heteroatoms. The van der Waals surface area contributed by atoms with Crippen LogP contribution in [0.2, 0.25) is 0 Å². The van der Waals surface area contributed by atoms with E-state index in [2.05, 4.69) is 15.4 Å². The van der Waals surface area contributed by atoms with Crippen molar-refractivity contribution in [1.29, 1.82) is 0 Å². The van der Waals surface area contributed by atoms with Crippen molar-refractivity contribution in [2.75, 3.05) is 27.4 Å². The third-order valence-corrected chi connectivity index (χ3v) is 4.09. The molecule has 0 bridgehead atoms. The summed E-state index contributed by atoms with van der Waals surface area (Å²) in [5, 5.41) is 4.88. The first-order valence-electron chi connectivity index (χ1n) is 8.77. The minimum absolute atomic E-state index is 0.143. The summed E-state index contributed by atoms with van der Waals surface area (Å²) in [5.74, 6) is -1.99. The lowest BCUT2D eigenvalue weighted by molar-refractivity contribution is -0.150. The molecule has 0 aliphatic rings. The normalized spacial score (nSPS) is 12.3. The number of esters is 2. The number of amides is 2. The van der Waals surface area contributed by atoms with Crippen LogP contribution in [-0.2, 0) is 23.9 Å². The monoisotopic (exact) mass is 394 g/mol. The highest BCUT2D eigenvalue weighted by Gasteiger charge is 2.26. The van der Waals surface area contributed by atoms with E-state index in [0.29, 0.717) is 17.7 Å². The maximum atomic E-state index is 12.0. The zero-order valence-electron chi connectivity index (χ0n) is 16.4. The fraction of sp³-hybridized carbons (Fsp3) is 0.474. The highest BCUT2D eigenvalue weighted by Crippen LogP contribution is 2.11. The molecule has 0 aromatic heterocycles. The second-order valence-corrected chi connectivity index (χ2v) is 6.03. The van der Waals surface area contributed by atoms with Gasteiger partial charge in [-0.15, -0.1) is 0 Å². The van der Waals surface area contributed by atoms with Gasteiger partial charge in [0.15, 0.2) is 6.61 Å². The fourth-order valence-corrected chi connectivity index (χ4v) is 2.21. The highest BCUT2D eigenvalue weighted by atomic mass is 16.5. The molecule has 2 amide bonds. The Balaban J connectivity index is 2.43. The molecule has 1 rings (SSSR count). The number of carbonyl (C=O) groups excluding carboxylic acids is 4. The SMILES string of the molecule is CC[C@H](C)[C@H](NC(=O)COC(=O)CNC(=O)c1ccc(OC)cc1)C(=O)OC. The number of benzene rings is 1. The first-order valence-corrected chi connectivity index (χ1v) is 8.77. The average molecular weight is 394 g/mol. The number of hydrogen-bond donors (Lipinski definition) is 2. The molecule has 2 atom stereocenters. The minimum Gasteiger partial charge on any atom is -0.497 e. The van der Waals surface area contributed by atoms with E-state index in [0.717, 1.165) is 0 Å². The Morgan fingerprint density at radius 1 is 1.07 bits per heavy atom. The third kappa shape index (κ3) is 7.26. The molecule has 154 valence electrons. The quantitative estimate of drug-likeness (QED) is 0.560. The van der Waals surface area contributed by atoms with Gasteiger partial charge in [-0.25, -0.2) is 4.79 Å². The molecule has 1 aromatic carbocycles. The topological polar surface area (TPSA) is 120 Å². The molecule has 0 fully saturated rings. The van der Waals surface area contributed by atoms with Crippen molar-refractivity contribution >= 4 is 23.8 Å². The number of ether oxygens (including phenoxy) is 3. The van der Waals surface area contributed by atoms with E-state index in [1.807, 2.05) is 6.92 Å². The Morgan fingerprint density at radius 2 is 1.71 bits per heavy atom. The van der Waals surface area contributed by atoms with Crippen LogP contribution >= 0.6 is 0 Å². The van der Waals surface area contributed by atoms with Gasteiger partial charge in [0.2, 0.25) is 0 Å². The Hall–Kier alpha value is -3.10. The fourth-order valence-electron chi connectivity index (χ4n) is 2.21. The van der Waals surface area contributed by atoms with Gasteiger partial charge in [-0.05, 0) is 30.2 Å². The number of carbonyl (C=O) groups is 4. The van der Waals surface area contributed by atoms with Crippen molar-refractivity contribution in [3.8, 4) is 5.75 Å². The maximum Gasteiger partial charge on any atom is 0.328 e. The molecule has 1 aromatic rings. The van der Waals surface area contributed by atoms with Crippen LogP contribution in [0.15, 0.2) is 24.3 Å². The van der Waals surface area contributed by atoms with E-state index in [1.54, 1.807) is 31.2 Å². The van der Waals surface area contributed by atoms with Gasteiger partial charge in [-0.1, -0.05) is 20.3 Å². The summed E-state index contributed by atoms with van der Waals surface area (Å²) >= 11 is 0. The standard InChI is InChI=1S/C19H26N2O7/c1-5-12(2)17(19(25)27-4)21-15(22)11-28-16(23)10-20-18(24)13-6-8-14(26-3)9-7-13/h6-9,12,17H,5,10-11H2,1-4H3,(H,20,24)(H,21,22)/t12-,17-/m0/s1. The predicted molar refractivity (Wildman–Crippen MR) is 99.7 cm³/mol. The van der Waals surface area contributed by atoms with E-state index < -0.39 is 42.9 Å². The summed E-state index contributed by atoms with van der Waals surface area (Å²) in [5.41, 5.74) is 0.348. The molecule has 0 saturated heterocycles. The molecule has 2 N–H and O–H groups in total. The van der Waals surface area contributed by atoms with Gasteiger partial charge in [0.05, 0.1) is 14.2 Å². The second-order valence-electron chi connectivity index (χ2n) is 6.03. The Morgan fingerprint density at radius 3 is 2.25 bits per heavy atom. The van der Waals surface area contributed by atoms with Crippen LogP contribution in [0.4, 0.5) is 0 Å². The lowest BCUT2D eigenvalue weighted by atomic mass is 9.99. The second kappa shape index (κ2) is 11.6. The Bertz CT molecular complexity index is 688. The third-order valence-electron chi connectivity index (χ3n) is 4.09. The van der Waals surface area contributed by atoms with Crippen molar-refractivity contribution in [2.45, 2.75) is 26.3 Å². The van der Waals surface area contributed by atoms with Crippen molar-refractivity contribution in [3.05, 3.63) is 29.8 Å². The molecular formula is C19H26N2O7. The van der Waals surface area contributed by atoms with Crippen molar-refractivity contribution in [2.24, 2.45) is 5.92 Å².